The van der Waals surface area contributed by atoms with Gasteiger partial charge >= 0.3 is 0 Å². The zero-order chi connectivity index (χ0) is 15.1. The molecule has 106 valence electrons. The Labute approximate surface area is 132 Å². The third-order valence-corrected chi connectivity index (χ3v) is 3.33. The summed E-state index contributed by atoms with van der Waals surface area (Å²) in [5, 5.41) is 3.88. The van der Waals surface area contributed by atoms with Crippen LogP contribution < -0.4 is 5.43 Å². The van der Waals surface area contributed by atoms with Crippen molar-refractivity contribution >= 4 is 34.1 Å². The van der Waals surface area contributed by atoms with Crippen LogP contribution in [0.5, 0.6) is 0 Å². The van der Waals surface area contributed by atoms with Crippen LogP contribution in [0.1, 0.15) is 21.5 Å². The lowest BCUT2D eigenvalue weighted by Crippen LogP contribution is -2.17. The van der Waals surface area contributed by atoms with Crippen LogP contribution in [0.15, 0.2) is 64.2 Å². The summed E-state index contributed by atoms with van der Waals surface area (Å²) in [6, 6.07) is 15.2. The number of carbonyl (C=O) groups excluding carboxylic acids is 1. The highest BCUT2D eigenvalue weighted by Gasteiger charge is 2.01. The van der Waals surface area contributed by atoms with Crippen LogP contribution in [0.25, 0.3) is 6.08 Å². The number of hydrogen-bond donors (Lipinski definition) is 1. The van der Waals surface area contributed by atoms with Gasteiger partial charge in [0.2, 0.25) is 0 Å². The third-order valence-electron chi connectivity index (χ3n) is 2.80. The molecule has 0 aromatic heterocycles. The van der Waals surface area contributed by atoms with Crippen LogP contribution in [-0.4, -0.2) is 12.1 Å². The zero-order valence-corrected chi connectivity index (χ0v) is 13.2. The SMILES string of the molecule is Cc1ccc(C(=O)N/N=C\C=C\c2ccc(Br)cc2)cc1. The maximum Gasteiger partial charge on any atom is 0.271 e. The van der Waals surface area contributed by atoms with Crippen LogP contribution in [0.2, 0.25) is 0 Å². The number of nitrogens with zero attached hydrogens (tertiary/aromatic N) is 1. The molecule has 2 aromatic carbocycles. The van der Waals surface area contributed by atoms with E-state index in [1.54, 1.807) is 24.4 Å². The molecule has 0 spiro atoms. The Morgan fingerprint density at radius 3 is 2.43 bits per heavy atom. The first-order chi connectivity index (χ1) is 10.1. The van der Waals surface area contributed by atoms with E-state index >= 15 is 0 Å². The molecule has 0 saturated carbocycles. The van der Waals surface area contributed by atoms with Crippen LogP contribution in [0.3, 0.4) is 0 Å². The summed E-state index contributed by atoms with van der Waals surface area (Å²) < 4.78 is 1.04. The molecule has 4 heteroatoms. The number of hydrazone groups is 1. The second-order valence-electron chi connectivity index (χ2n) is 4.50. The molecule has 0 aliphatic rings. The topological polar surface area (TPSA) is 41.5 Å². The third kappa shape index (κ3) is 5.00. The Morgan fingerprint density at radius 2 is 1.76 bits per heavy atom. The Hall–Kier alpha value is -2.20. The van der Waals surface area contributed by atoms with Crippen molar-refractivity contribution in [2.24, 2.45) is 5.10 Å². The highest BCUT2D eigenvalue weighted by molar-refractivity contribution is 9.10. The summed E-state index contributed by atoms with van der Waals surface area (Å²) in [6.07, 6.45) is 5.24. The van der Waals surface area contributed by atoms with Crippen molar-refractivity contribution in [2.45, 2.75) is 6.92 Å². The van der Waals surface area contributed by atoms with Gasteiger partial charge in [0.1, 0.15) is 0 Å². The average Bonchev–Trinajstić information content (AvgIpc) is 2.49. The largest absolute Gasteiger partial charge is 0.271 e. The Kier molecular flexibility index (Phi) is 5.46. The molecule has 0 aliphatic carbocycles. The number of hydrogen-bond acceptors (Lipinski definition) is 2. The fourth-order valence-electron chi connectivity index (χ4n) is 1.64. The molecule has 0 bridgehead atoms. The van der Waals surface area contributed by atoms with Gasteiger partial charge in [-0.3, -0.25) is 4.79 Å². The summed E-state index contributed by atoms with van der Waals surface area (Å²) in [7, 11) is 0. The van der Waals surface area contributed by atoms with Crippen molar-refractivity contribution in [3.8, 4) is 0 Å². The van der Waals surface area contributed by atoms with Gasteiger partial charge in [-0.05, 0) is 42.8 Å². The Balaban J connectivity index is 1.86. The maximum atomic E-state index is 11.8. The summed E-state index contributed by atoms with van der Waals surface area (Å²) in [5.41, 5.74) is 5.26. The number of aryl methyl sites for hydroxylation is 1. The van der Waals surface area contributed by atoms with Crippen molar-refractivity contribution in [3.05, 3.63) is 75.8 Å². The van der Waals surface area contributed by atoms with E-state index in [9.17, 15) is 4.79 Å². The van der Waals surface area contributed by atoms with Crippen molar-refractivity contribution in [1.82, 2.24) is 5.43 Å². The first kappa shape index (κ1) is 15.2. The number of carbonyl (C=O) groups is 1. The molecule has 0 heterocycles. The molecule has 0 saturated heterocycles. The van der Waals surface area contributed by atoms with Gasteiger partial charge < -0.3 is 0 Å². The van der Waals surface area contributed by atoms with E-state index in [-0.39, 0.29) is 5.91 Å². The molecule has 2 aromatic rings. The Morgan fingerprint density at radius 1 is 1.10 bits per heavy atom. The lowest BCUT2D eigenvalue weighted by molar-refractivity contribution is 0.0955. The predicted molar refractivity (Wildman–Crippen MR) is 90.3 cm³/mol. The number of rotatable bonds is 4. The minimum atomic E-state index is -0.219. The number of allylic oxidation sites excluding steroid dienone is 1. The van der Waals surface area contributed by atoms with E-state index in [1.807, 2.05) is 49.4 Å². The van der Waals surface area contributed by atoms with Gasteiger partial charge in [0, 0.05) is 16.3 Å². The van der Waals surface area contributed by atoms with Crippen LogP contribution in [0.4, 0.5) is 0 Å². The van der Waals surface area contributed by atoms with Crippen LogP contribution in [0, 0.1) is 6.92 Å². The Bertz CT molecular complexity index is 658. The minimum Gasteiger partial charge on any atom is -0.267 e. The van der Waals surface area contributed by atoms with Gasteiger partial charge in [0.15, 0.2) is 0 Å². The first-order valence-electron chi connectivity index (χ1n) is 6.47. The van der Waals surface area contributed by atoms with E-state index in [0.29, 0.717) is 5.56 Å². The molecule has 0 aliphatic heterocycles. The van der Waals surface area contributed by atoms with Crippen LogP contribution >= 0.6 is 15.9 Å². The van der Waals surface area contributed by atoms with Crippen LogP contribution in [-0.2, 0) is 0 Å². The molecule has 0 radical (unpaired) electrons. The van der Waals surface area contributed by atoms with Gasteiger partial charge in [-0.25, -0.2) is 5.43 Å². The molecule has 3 nitrogen and oxygen atoms in total. The molecular formula is C17H15BrN2O. The second-order valence-corrected chi connectivity index (χ2v) is 5.41. The van der Waals surface area contributed by atoms with Gasteiger partial charge in [-0.2, -0.15) is 5.10 Å². The quantitative estimate of drug-likeness (QED) is 0.656. The molecule has 2 rings (SSSR count). The molecular weight excluding hydrogens is 328 g/mol. The lowest BCUT2D eigenvalue weighted by Gasteiger charge is -1.99. The van der Waals surface area contributed by atoms with E-state index in [4.69, 9.17) is 0 Å². The highest BCUT2D eigenvalue weighted by atomic mass is 79.9. The number of halogens is 1. The first-order valence-corrected chi connectivity index (χ1v) is 7.27. The van der Waals surface area contributed by atoms with Gasteiger partial charge in [0.05, 0.1) is 0 Å². The summed E-state index contributed by atoms with van der Waals surface area (Å²) in [5.74, 6) is -0.219. The van der Waals surface area contributed by atoms with E-state index in [2.05, 4.69) is 26.5 Å². The summed E-state index contributed by atoms with van der Waals surface area (Å²) in [6.45, 7) is 1.98. The second kappa shape index (κ2) is 7.55. The van der Waals surface area contributed by atoms with Crippen molar-refractivity contribution < 1.29 is 4.79 Å². The fourth-order valence-corrected chi connectivity index (χ4v) is 1.90. The van der Waals surface area contributed by atoms with E-state index in [1.165, 1.54) is 0 Å². The van der Waals surface area contributed by atoms with Crippen molar-refractivity contribution in [3.63, 3.8) is 0 Å². The van der Waals surface area contributed by atoms with Gasteiger partial charge in [0.25, 0.3) is 5.91 Å². The smallest absolute Gasteiger partial charge is 0.267 e. The maximum absolute atomic E-state index is 11.8. The zero-order valence-electron chi connectivity index (χ0n) is 11.6. The molecule has 0 atom stereocenters. The summed E-state index contributed by atoms with van der Waals surface area (Å²) >= 11 is 3.38. The van der Waals surface area contributed by atoms with E-state index < -0.39 is 0 Å². The molecule has 21 heavy (non-hydrogen) atoms. The predicted octanol–water partition coefficient (Wildman–Crippen LogP) is 4.19. The molecule has 1 N–H and O–H groups in total. The molecule has 1 amide bonds. The van der Waals surface area contributed by atoms with Gasteiger partial charge in [-0.1, -0.05) is 51.8 Å². The van der Waals surface area contributed by atoms with Crippen molar-refractivity contribution in [2.75, 3.05) is 0 Å². The number of amides is 1. The van der Waals surface area contributed by atoms with Crippen molar-refractivity contribution in [1.29, 1.82) is 0 Å². The normalized spacial score (nSPS) is 11.1. The lowest BCUT2D eigenvalue weighted by atomic mass is 10.1. The minimum absolute atomic E-state index is 0.219. The molecule has 0 fully saturated rings. The standard InChI is InChI=1S/C17H15BrN2O/c1-13-4-8-15(9-5-13)17(21)20-19-12-2-3-14-6-10-16(18)11-7-14/h2-12H,1H3,(H,20,21)/b3-2+,19-12-. The van der Waals surface area contributed by atoms with Gasteiger partial charge in [-0.15, -0.1) is 0 Å². The number of nitrogens with one attached hydrogen (secondary N) is 1. The average molecular weight is 343 g/mol. The van der Waals surface area contributed by atoms with E-state index in [0.717, 1.165) is 15.6 Å². The highest BCUT2D eigenvalue weighted by Crippen LogP contribution is 2.11. The summed E-state index contributed by atoms with van der Waals surface area (Å²) in [4.78, 5) is 11.8. The molecule has 0 unspecified atom stereocenters. The monoisotopic (exact) mass is 342 g/mol. The fraction of sp³-hybridized carbons (Fsp3) is 0.0588. The number of benzene rings is 2.